The number of anilines is 1. The lowest BCUT2D eigenvalue weighted by Gasteiger charge is -2.10. The molecule has 0 fully saturated rings. The number of hydrogen-bond donors (Lipinski definition) is 3. The molecular formula is C23H17FN4O4S. The molecule has 1 aromatic heterocycles. The van der Waals surface area contributed by atoms with Crippen molar-refractivity contribution in [3.63, 3.8) is 0 Å². The summed E-state index contributed by atoms with van der Waals surface area (Å²) < 4.78 is 40.2. The number of carbonyl (C=O) groups excluding carboxylic acids is 2. The lowest BCUT2D eigenvalue weighted by atomic mass is 10.2. The van der Waals surface area contributed by atoms with Gasteiger partial charge in [0.05, 0.1) is 10.4 Å². The highest BCUT2D eigenvalue weighted by Gasteiger charge is 2.16. The number of nitrogens with zero attached hydrogens (tertiary/aromatic N) is 1. The van der Waals surface area contributed by atoms with E-state index in [2.05, 4.69) is 20.6 Å². The highest BCUT2D eigenvalue weighted by Crippen LogP contribution is 2.17. The van der Waals surface area contributed by atoms with E-state index in [1.807, 2.05) is 12.1 Å². The summed E-state index contributed by atoms with van der Waals surface area (Å²) in [5.41, 5.74) is 5.64. The Morgan fingerprint density at radius 2 is 1.42 bits per heavy atom. The molecule has 33 heavy (non-hydrogen) atoms. The van der Waals surface area contributed by atoms with Gasteiger partial charge in [-0.2, -0.15) is 0 Å². The minimum atomic E-state index is -3.93. The van der Waals surface area contributed by atoms with Crippen molar-refractivity contribution in [3.05, 3.63) is 102 Å². The van der Waals surface area contributed by atoms with Crippen LogP contribution in [0.3, 0.4) is 0 Å². The number of para-hydroxylation sites is 1. The first kappa shape index (κ1) is 21.9. The van der Waals surface area contributed by atoms with Gasteiger partial charge in [-0.15, -0.1) is 0 Å². The van der Waals surface area contributed by atoms with Crippen molar-refractivity contribution in [2.75, 3.05) is 4.72 Å². The van der Waals surface area contributed by atoms with Crippen molar-refractivity contribution in [3.8, 4) is 0 Å². The van der Waals surface area contributed by atoms with Gasteiger partial charge in [-0.05, 0) is 60.7 Å². The Labute approximate surface area is 188 Å². The summed E-state index contributed by atoms with van der Waals surface area (Å²) >= 11 is 0. The molecule has 0 saturated carbocycles. The molecule has 10 heteroatoms. The molecule has 0 radical (unpaired) electrons. The van der Waals surface area contributed by atoms with Gasteiger partial charge in [0.25, 0.3) is 21.8 Å². The summed E-state index contributed by atoms with van der Waals surface area (Å²) in [4.78, 5) is 28.8. The van der Waals surface area contributed by atoms with E-state index in [0.29, 0.717) is 5.52 Å². The van der Waals surface area contributed by atoms with E-state index in [-0.39, 0.29) is 21.8 Å². The highest BCUT2D eigenvalue weighted by atomic mass is 32.2. The molecule has 0 saturated heterocycles. The number of hydrogen-bond acceptors (Lipinski definition) is 5. The average Bonchev–Trinajstić information content (AvgIpc) is 2.83. The van der Waals surface area contributed by atoms with Crippen molar-refractivity contribution in [2.24, 2.45) is 0 Å². The Kier molecular flexibility index (Phi) is 6.01. The van der Waals surface area contributed by atoms with Gasteiger partial charge in [0.15, 0.2) is 0 Å². The Morgan fingerprint density at radius 3 is 2.15 bits per heavy atom. The third-order valence-corrected chi connectivity index (χ3v) is 6.04. The SMILES string of the molecule is O=C(NNC(=O)c1ccc2ccccc2n1)c1ccc(S(=O)(=O)Nc2ccc(F)cc2)cc1. The summed E-state index contributed by atoms with van der Waals surface area (Å²) in [7, 11) is -3.93. The molecule has 4 rings (SSSR count). The van der Waals surface area contributed by atoms with Crippen LogP contribution in [0.4, 0.5) is 10.1 Å². The molecule has 1 heterocycles. The zero-order chi connectivity index (χ0) is 23.4. The van der Waals surface area contributed by atoms with Crippen LogP contribution in [0.25, 0.3) is 10.9 Å². The van der Waals surface area contributed by atoms with Crippen molar-refractivity contribution in [1.29, 1.82) is 0 Å². The predicted molar refractivity (Wildman–Crippen MR) is 120 cm³/mol. The molecule has 0 atom stereocenters. The molecule has 0 unspecified atom stereocenters. The quantitative estimate of drug-likeness (QED) is 0.392. The van der Waals surface area contributed by atoms with Crippen molar-refractivity contribution in [2.45, 2.75) is 4.90 Å². The number of benzene rings is 3. The van der Waals surface area contributed by atoms with Crippen LogP contribution >= 0.6 is 0 Å². The van der Waals surface area contributed by atoms with Gasteiger partial charge < -0.3 is 0 Å². The van der Waals surface area contributed by atoms with Crippen molar-refractivity contribution < 1.29 is 22.4 Å². The molecule has 2 amide bonds. The number of carbonyl (C=O) groups is 2. The normalized spacial score (nSPS) is 11.1. The first-order chi connectivity index (χ1) is 15.8. The summed E-state index contributed by atoms with van der Waals surface area (Å²) in [6.45, 7) is 0. The number of amides is 2. The minimum Gasteiger partial charge on any atom is -0.280 e. The number of hydrazine groups is 1. The van der Waals surface area contributed by atoms with Gasteiger partial charge in [0.1, 0.15) is 11.5 Å². The third kappa shape index (κ3) is 5.13. The van der Waals surface area contributed by atoms with Crippen LogP contribution in [0.2, 0.25) is 0 Å². The van der Waals surface area contributed by atoms with Gasteiger partial charge in [-0.25, -0.2) is 17.8 Å². The molecule has 0 bridgehead atoms. The van der Waals surface area contributed by atoms with Gasteiger partial charge in [0, 0.05) is 16.6 Å². The second-order valence-electron chi connectivity index (χ2n) is 6.93. The van der Waals surface area contributed by atoms with Crippen LogP contribution in [0, 0.1) is 5.82 Å². The van der Waals surface area contributed by atoms with E-state index < -0.39 is 27.7 Å². The summed E-state index contributed by atoms with van der Waals surface area (Å²) in [5, 5.41) is 0.877. The van der Waals surface area contributed by atoms with Crippen LogP contribution in [0.15, 0.2) is 89.8 Å². The maximum atomic E-state index is 13.0. The lowest BCUT2D eigenvalue weighted by molar-refractivity contribution is 0.0844. The number of sulfonamides is 1. The molecule has 3 N–H and O–H groups in total. The fourth-order valence-electron chi connectivity index (χ4n) is 2.96. The highest BCUT2D eigenvalue weighted by molar-refractivity contribution is 7.92. The predicted octanol–water partition coefficient (Wildman–Crippen LogP) is 3.25. The monoisotopic (exact) mass is 464 g/mol. The molecular weight excluding hydrogens is 447 g/mol. The van der Waals surface area contributed by atoms with E-state index in [4.69, 9.17) is 0 Å². The molecule has 3 aromatic carbocycles. The lowest BCUT2D eigenvalue weighted by Crippen LogP contribution is -2.41. The Balaban J connectivity index is 1.39. The second kappa shape index (κ2) is 9.05. The number of halogens is 1. The molecule has 8 nitrogen and oxygen atoms in total. The topological polar surface area (TPSA) is 117 Å². The average molecular weight is 464 g/mol. The molecule has 0 aliphatic heterocycles. The minimum absolute atomic E-state index is 0.0900. The second-order valence-corrected chi connectivity index (χ2v) is 8.62. The van der Waals surface area contributed by atoms with Gasteiger partial charge in [-0.3, -0.25) is 25.2 Å². The molecule has 4 aromatic rings. The van der Waals surface area contributed by atoms with E-state index in [1.165, 1.54) is 42.5 Å². The number of aromatic nitrogens is 1. The molecule has 166 valence electrons. The van der Waals surface area contributed by atoms with Crippen LogP contribution in [-0.4, -0.2) is 25.2 Å². The van der Waals surface area contributed by atoms with Gasteiger partial charge in [0.2, 0.25) is 0 Å². The number of rotatable bonds is 5. The summed E-state index contributed by atoms with van der Waals surface area (Å²) in [6, 6.07) is 20.5. The molecule has 0 aliphatic rings. The maximum absolute atomic E-state index is 13.0. The van der Waals surface area contributed by atoms with Crippen LogP contribution < -0.4 is 15.6 Å². The fourth-order valence-corrected chi connectivity index (χ4v) is 4.02. The zero-order valence-electron chi connectivity index (χ0n) is 16.9. The maximum Gasteiger partial charge on any atom is 0.288 e. The standard InChI is InChI=1S/C23H17FN4O4S/c24-17-8-10-18(11-9-17)28-33(31,32)19-12-5-16(6-13-19)22(29)26-27-23(30)21-14-7-15-3-1-2-4-20(15)25-21/h1-14,28H,(H,26,29)(H,27,30). The summed E-state index contributed by atoms with van der Waals surface area (Å²) in [6.07, 6.45) is 0. The van der Waals surface area contributed by atoms with Crippen LogP contribution in [0.5, 0.6) is 0 Å². The van der Waals surface area contributed by atoms with Crippen molar-refractivity contribution in [1.82, 2.24) is 15.8 Å². The van der Waals surface area contributed by atoms with E-state index in [0.717, 1.165) is 17.5 Å². The first-order valence-corrected chi connectivity index (χ1v) is 11.1. The Bertz CT molecular complexity index is 1440. The largest absolute Gasteiger partial charge is 0.288 e. The van der Waals surface area contributed by atoms with Crippen LogP contribution in [0.1, 0.15) is 20.8 Å². The Hall–Kier alpha value is -4.31. The fraction of sp³-hybridized carbons (Fsp3) is 0. The van der Waals surface area contributed by atoms with E-state index in [9.17, 15) is 22.4 Å². The van der Waals surface area contributed by atoms with Crippen LogP contribution in [-0.2, 0) is 10.0 Å². The molecule has 0 aliphatic carbocycles. The van der Waals surface area contributed by atoms with E-state index in [1.54, 1.807) is 18.2 Å². The van der Waals surface area contributed by atoms with E-state index >= 15 is 0 Å². The smallest absolute Gasteiger partial charge is 0.280 e. The van der Waals surface area contributed by atoms with Gasteiger partial charge in [-0.1, -0.05) is 24.3 Å². The third-order valence-electron chi connectivity index (χ3n) is 4.64. The summed E-state index contributed by atoms with van der Waals surface area (Å²) in [5.74, 6) is -1.73. The van der Waals surface area contributed by atoms with Crippen molar-refractivity contribution >= 4 is 38.4 Å². The number of nitrogens with one attached hydrogen (secondary N) is 3. The Morgan fingerprint density at radius 1 is 0.758 bits per heavy atom. The molecule has 0 spiro atoms. The number of fused-ring (bicyclic) bond motifs is 1. The van der Waals surface area contributed by atoms with Gasteiger partial charge >= 0.3 is 0 Å². The first-order valence-electron chi connectivity index (χ1n) is 9.67. The number of pyridine rings is 1. The zero-order valence-corrected chi connectivity index (χ0v) is 17.8.